The predicted molar refractivity (Wildman–Crippen MR) is 108 cm³/mol. The topological polar surface area (TPSA) is 46.3 Å². The van der Waals surface area contributed by atoms with Gasteiger partial charge in [-0.3, -0.25) is 0 Å². The summed E-state index contributed by atoms with van der Waals surface area (Å²) >= 11 is 0. The second-order valence-electron chi connectivity index (χ2n) is 7.21. The van der Waals surface area contributed by atoms with E-state index in [1.165, 1.54) is 12.1 Å². The van der Waals surface area contributed by atoms with Gasteiger partial charge in [-0.25, -0.2) is 0 Å². The fourth-order valence-corrected chi connectivity index (χ4v) is 3.26. The van der Waals surface area contributed by atoms with E-state index in [9.17, 15) is 22.0 Å². The van der Waals surface area contributed by atoms with Crippen LogP contribution in [0.15, 0.2) is 42.5 Å². The normalized spacial score (nSPS) is 12.4. The molecule has 0 fully saturated rings. The monoisotopic (exact) mass is 442 g/mol. The number of aryl methyl sites for hydroxylation is 1. The van der Waals surface area contributed by atoms with Crippen LogP contribution < -0.4 is 14.8 Å². The number of benzene rings is 2. The number of aromatic amines is 1. The van der Waals surface area contributed by atoms with Gasteiger partial charge in [-0.15, -0.1) is 0 Å². The summed E-state index contributed by atoms with van der Waals surface area (Å²) in [6, 6.07) is 11.9. The van der Waals surface area contributed by atoms with Crippen LogP contribution in [0.1, 0.15) is 16.8 Å². The highest BCUT2D eigenvalue weighted by Gasteiger charge is 2.58. The number of hydrogen-bond acceptors (Lipinski definition) is 3. The number of halogens is 5. The van der Waals surface area contributed by atoms with E-state index in [0.717, 1.165) is 34.3 Å². The molecule has 3 rings (SSSR count). The van der Waals surface area contributed by atoms with Crippen molar-refractivity contribution in [1.29, 1.82) is 0 Å². The molecule has 4 nitrogen and oxygen atoms in total. The number of rotatable bonds is 9. The van der Waals surface area contributed by atoms with Gasteiger partial charge in [0.05, 0.1) is 7.11 Å². The van der Waals surface area contributed by atoms with E-state index in [1.807, 2.05) is 25.1 Å². The molecule has 1 aromatic heterocycles. The quantitative estimate of drug-likeness (QED) is 0.345. The Kier molecular flexibility index (Phi) is 6.74. The van der Waals surface area contributed by atoms with E-state index in [1.54, 1.807) is 19.2 Å². The average Bonchev–Trinajstić information content (AvgIpc) is 3.03. The van der Waals surface area contributed by atoms with Crippen molar-refractivity contribution in [3.8, 4) is 11.5 Å². The number of methoxy groups -OCH3 is 1. The highest BCUT2D eigenvalue weighted by Crippen LogP contribution is 2.35. The van der Waals surface area contributed by atoms with Crippen molar-refractivity contribution < 1.29 is 31.4 Å². The molecule has 0 unspecified atom stereocenters. The summed E-state index contributed by atoms with van der Waals surface area (Å²) in [5, 5.41) is 4.34. The smallest absolute Gasteiger partial charge is 0.456 e. The van der Waals surface area contributed by atoms with E-state index < -0.39 is 18.7 Å². The fourth-order valence-electron chi connectivity index (χ4n) is 3.26. The Balaban J connectivity index is 1.55. The van der Waals surface area contributed by atoms with E-state index in [0.29, 0.717) is 18.7 Å². The van der Waals surface area contributed by atoms with Gasteiger partial charge in [-0.1, -0.05) is 12.1 Å². The van der Waals surface area contributed by atoms with E-state index in [4.69, 9.17) is 4.74 Å². The van der Waals surface area contributed by atoms with Gasteiger partial charge in [0.25, 0.3) is 0 Å². The van der Waals surface area contributed by atoms with Crippen LogP contribution in [-0.4, -0.2) is 37.3 Å². The lowest BCUT2D eigenvalue weighted by atomic mass is 10.1. The van der Waals surface area contributed by atoms with Crippen molar-refractivity contribution >= 4 is 10.9 Å². The number of aromatic nitrogens is 1. The zero-order valence-corrected chi connectivity index (χ0v) is 17.1. The minimum absolute atomic E-state index is 0.0391. The third kappa shape index (κ3) is 5.46. The van der Waals surface area contributed by atoms with Crippen LogP contribution in [0.3, 0.4) is 0 Å². The molecular weight excluding hydrogens is 419 g/mol. The van der Waals surface area contributed by atoms with Crippen molar-refractivity contribution in [2.75, 3.05) is 20.3 Å². The summed E-state index contributed by atoms with van der Waals surface area (Å²) < 4.78 is 72.8. The summed E-state index contributed by atoms with van der Waals surface area (Å²) in [6.45, 7) is 1.30. The highest BCUT2D eigenvalue weighted by molar-refractivity contribution is 5.86. The first-order valence-corrected chi connectivity index (χ1v) is 9.63. The number of fused-ring (bicyclic) bond motifs is 1. The first-order chi connectivity index (χ1) is 14.6. The molecule has 0 amide bonds. The van der Waals surface area contributed by atoms with Crippen LogP contribution in [0.2, 0.25) is 0 Å². The maximum absolute atomic E-state index is 13.0. The predicted octanol–water partition coefficient (Wildman–Crippen LogP) is 5.39. The molecule has 0 aliphatic carbocycles. The summed E-state index contributed by atoms with van der Waals surface area (Å²) in [6.07, 6.45) is -4.90. The Morgan fingerprint density at radius 3 is 2.48 bits per heavy atom. The van der Waals surface area contributed by atoms with Crippen LogP contribution in [-0.2, 0) is 13.0 Å². The van der Waals surface area contributed by atoms with E-state index in [-0.39, 0.29) is 5.75 Å². The lowest BCUT2D eigenvalue weighted by Gasteiger charge is -2.20. The molecule has 9 heteroatoms. The van der Waals surface area contributed by atoms with Crippen molar-refractivity contribution in [2.45, 2.75) is 32.0 Å². The third-order valence-corrected chi connectivity index (χ3v) is 4.94. The Bertz CT molecular complexity index is 1030. The molecule has 31 heavy (non-hydrogen) atoms. The van der Waals surface area contributed by atoms with Crippen LogP contribution in [0.4, 0.5) is 22.0 Å². The summed E-state index contributed by atoms with van der Waals surface area (Å²) in [7, 11) is 1.62. The molecule has 0 aliphatic rings. The summed E-state index contributed by atoms with van der Waals surface area (Å²) in [5.41, 5.74) is 3.96. The van der Waals surface area contributed by atoms with E-state index in [2.05, 4.69) is 15.0 Å². The van der Waals surface area contributed by atoms with Gasteiger partial charge in [0.1, 0.15) is 11.5 Å². The van der Waals surface area contributed by atoms with Gasteiger partial charge >= 0.3 is 12.1 Å². The molecule has 0 saturated carbocycles. The molecule has 0 saturated heterocycles. The van der Waals surface area contributed by atoms with Gasteiger partial charge in [-0.05, 0) is 61.3 Å². The van der Waals surface area contributed by atoms with Crippen LogP contribution in [0.5, 0.6) is 11.5 Å². The molecule has 0 bridgehead atoms. The summed E-state index contributed by atoms with van der Waals surface area (Å²) in [4.78, 5) is 3.34. The average molecular weight is 442 g/mol. The molecule has 0 aliphatic heterocycles. The largest absolute Gasteiger partial charge is 0.497 e. The minimum atomic E-state index is -5.64. The number of alkyl halides is 5. The zero-order valence-electron chi connectivity index (χ0n) is 17.1. The molecule has 2 aromatic carbocycles. The van der Waals surface area contributed by atoms with Crippen LogP contribution >= 0.6 is 0 Å². The van der Waals surface area contributed by atoms with Gasteiger partial charge < -0.3 is 19.8 Å². The second-order valence-corrected chi connectivity index (χ2v) is 7.21. The fraction of sp³-hybridized carbons (Fsp3) is 0.364. The molecule has 2 N–H and O–H groups in total. The van der Waals surface area contributed by atoms with Gasteiger partial charge in [0, 0.05) is 23.1 Å². The summed E-state index contributed by atoms with van der Waals surface area (Å²) in [5.74, 6) is -4.17. The van der Waals surface area contributed by atoms with Crippen molar-refractivity contribution in [3.63, 3.8) is 0 Å². The maximum Gasteiger partial charge on any atom is 0.456 e. The Morgan fingerprint density at radius 1 is 1.00 bits per heavy atom. The Labute approximate surface area is 176 Å². The molecule has 1 heterocycles. The maximum atomic E-state index is 13.0. The molecule has 0 radical (unpaired) electrons. The lowest BCUT2D eigenvalue weighted by Crippen LogP contribution is -2.41. The van der Waals surface area contributed by atoms with Crippen LogP contribution in [0.25, 0.3) is 10.9 Å². The van der Waals surface area contributed by atoms with Crippen LogP contribution in [0, 0.1) is 6.92 Å². The molecular formula is C22H23F5N2O2. The first kappa shape index (κ1) is 22.9. The number of hydrogen-bond donors (Lipinski definition) is 2. The van der Waals surface area contributed by atoms with Crippen molar-refractivity contribution in [3.05, 3.63) is 59.3 Å². The standard InChI is InChI=1S/C22H23F5N2O2/c1-14-18(19-11-16(30-2)6-7-20(19)29-14)8-9-28-12-15-4-3-5-17(10-15)31-13-21(23,24)22(25,26)27/h3-7,10-11,28-29H,8-9,12-13H2,1-2H3. The van der Waals surface area contributed by atoms with Crippen molar-refractivity contribution in [1.82, 2.24) is 10.3 Å². The highest BCUT2D eigenvalue weighted by atomic mass is 19.4. The lowest BCUT2D eigenvalue weighted by molar-refractivity contribution is -0.290. The number of ether oxygens (including phenoxy) is 2. The Hall–Kier alpha value is -2.81. The van der Waals surface area contributed by atoms with E-state index >= 15 is 0 Å². The second kappa shape index (κ2) is 9.13. The third-order valence-electron chi connectivity index (χ3n) is 4.94. The Morgan fingerprint density at radius 2 is 1.77 bits per heavy atom. The van der Waals surface area contributed by atoms with Gasteiger partial charge in [0.2, 0.25) is 0 Å². The van der Waals surface area contributed by atoms with Gasteiger partial charge in [-0.2, -0.15) is 22.0 Å². The van der Waals surface area contributed by atoms with Gasteiger partial charge in [0.15, 0.2) is 6.61 Å². The molecule has 0 atom stereocenters. The molecule has 168 valence electrons. The zero-order chi connectivity index (χ0) is 22.6. The number of nitrogens with one attached hydrogen (secondary N) is 2. The SMILES string of the molecule is COc1ccc2[nH]c(C)c(CCNCc3cccc(OCC(F)(F)C(F)(F)F)c3)c2c1. The van der Waals surface area contributed by atoms with Crippen molar-refractivity contribution in [2.24, 2.45) is 0 Å². The minimum Gasteiger partial charge on any atom is -0.497 e. The molecule has 0 spiro atoms. The molecule has 3 aromatic rings. The first-order valence-electron chi connectivity index (χ1n) is 9.63. The number of H-pyrrole nitrogens is 1.